The Morgan fingerprint density at radius 1 is 1.11 bits per heavy atom. The van der Waals surface area contributed by atoms with Gasteiger partial charge in [0.2, 0.25) is 0 Å². The fourth-order valence-corrected chi connectivity index (χ4v) is 4.29. The number of nitrogens with one attached hydrogen (secondary N) is 1. The van der Waals surface area contributed by atoms with Crippen LogP contribution in [0, 0.1) is 11.8 Å². The lowest BCUT2D eigenvalue weighted by Crippen LogP contribution is -2.47. The quantitative estimate of drug-likeness (QED) is 0.806. The first-order chi connectivity index (χ1) is 13.1. The molecule has 5 nitrogen and oxygen atoms in total. The minimum Gasteiger partial charge on any atom is -0.393 e. The molecule has 2 saturated heterocycles. The Morgan fingerprint density at radius 2 is 1.78 bits per heavy atom. The van der Waals surface area contributed by atoms with Crippen molar-refractivity contribution in [2.24, 2.45) is 11.8 Å². The normalized spacial score (nSPS) is 21.2. The molecule has 0 unspecified atom stereocenters. The zero-order valence-electron chi connectivity index (χ0n) is 16.6. The molecule has 1 atom stereocenters. The van der Waals surface area contributed by atoms with Gasteiger partial charge in [0.25, 0.3) is 0 Å². The maximum atomic E-state index is 12.4. The Balaban J connectivity index is 1.33. The maximum absolute atomic E-state index is 12.4. The molecule has 5 heteroatoms. The third-order valence-corrected chi connectivity index (χ3v) is 6.32. The molecule has 0 spiro atoms. The minimum atomic E-state index is -0.269. The molecule has 150 valence electrons. The highest BCUT2D eigenvalue weighted by Gasteiger charge is 2.27. The van der Waals surface area contributed by atoms with Crippen molar-refractivity contribution in [3.8, 4) is 0 Å². The van der Waals surface area contributed by atoms with Crippen molar-refractivity contribution in [1.29, 1.82) is 0 Å². The molecule has 0 bridgehead atoms. The van der Waals surface area contributed by atoms with Crippen LogP contribution in [-0.4, -0.2) is 66.8 Å². The SMILES string of the molecule is CN1CCC(CNC(=O)N2CCC([C@H](O)CCc3ccccc3)CC2)CC1. The number of amides is 2. The molecule has 2 fully saturated rings. The van der Waals surface area contributed by atoms with E-state index < -0.39 is 0 Å². The van der Waals surface area contributed by atoms with E-state index in [1.54, 1.807) is 0 Å². The van der Waals surface area contributed by atoms with Gasteiger partial charge in [-0.3, -0.25) is 0 Å². The first-order valence-corrected chi connectivity index (χ1v) is 10.5. The molecule has 0 aliphatic carbocycles. The first kappa shape index (κ1) is 20.2. The Labute approximate surface area is 163 Å². The van der Waals surface area contributed by atoms with E-state index in [2.05, 4.69) is 29.4 Å². The topological polar surface area (TPSA) is 55.8 Å². The number of piperidine rings is 2. The zero-order valence-corrected chi connectivity index (χ0v) is 16.6. The molecule has 2 aliphatic rings. The number of carbonyl (C=O) groups is 1. The summed E-state index contributed by atoms with van der Waals surface area (Å²) in [7, 11) is 2.16. The predicted molar refractivity (Wildman–Crippen MR) is 109 cm³/mol. The number of benzene rings is 1. The van der Waals surface area contributed by atoms with Gasteiger partial charge in [0.05, 0.1) is 6.10 Å². The first-order valence-electron chi connectivity index (χ1n) is 10.5. The smallest absolute Gasteiger partial charge is 0.317 e. The molecular weight excluding hydrogens is 338 g/mol. The monoisotopic (exact) mass is 373 g/mol. The average Bonchev–Trinajstić information content (AvgIpc) is 2.72. The van der Waals surface area contributed by atoms with Crippen LogP contribution in [0.25, 0.3) is 0 Å². The van der Waals surface area contributed by atoms with E-state index in [1.165, 1.54) is 18.4 Å². The number of likely N-dealkylation sites (tertiary alicyclic amines) is 2. The van der Waals surface area contributed by atoms with Crippen LogP contribution in [0.2, 0.25) is 0 Å². The van der Waals surface area contributed by atoms with Crippen molar-refractivity contribution in [2.45, 2.75) is 44.6 Å². The second-order valence-electron chi connectivity index (χ2n) is 8.35. The highest BCUT2D eigenvalue weighted by Crippen LogP contribution is 2.24. The van der Waals surface area contributed by atoms with Crippen LogP contribution < -0.4 is 5.32 Å². The van der Waals surface area contributed by atoms with Gasteiger partial charge >= 0.3 is 6.03 Å². The number of aliphatic hydroxyl groups is 1. The Bertz CT molecular complexity index is 564. The fraction of sp³-hybridized carbons (Fsp3) is 0.682. The van der Waals surface area contributed by atoms with Crippen LogP contribution in [0.4, 0.5) is 4.79 Å². The van der Waals surface area contributed by atoms with Crippen molar-refractivity contribution in [3.05, 3.63) is 35.9 Å². The van der Waals surface area contributed by atoms with Crippen molar-refractivity contribution >= 4 is 6.03 Å². The summed E-state index contributed by atoms with van der Waals surface area (Å²) >= 11 is 0. The minimum absolute atomic E-state index is 0.0751. The van der Waals surface area contributed by atoms with E-state index in [0.717, 1.165) is 58.4 Å². The van der Waals surface area contributed by atoms with Gasteiger partial charge in [-0.25, -0.2) is 4.79 Å². The largest absolute Gasteiger partial charge is 0.393 e. The summed E-state index contributed by atoms with van der Waals surface area (Å²) in [6, 6.07) is 10.4. The van der Waals surface area contributed by atoms with Crippen LogP contribution in [0.5, 0.6) is 0 Å². The van der Waals surface area contributed by atoms with Crippen LogP contribution in [0.1, 0.15) is 37.7 Å². The molecule has 0 aromatic heterocycles. The zero-order chi connectivity index (χ0) is 19.1. The summed E-state index contributed by atoms with van der Waals surface area (Å²) in [6.45, 7) is 4.57. The second-order valence-corrected chi connectivity index (χ2v) is 8.35. The van der Waals surface area contributed by atoms with Gasteiger partial charge in [-0.05, 0) is 76.1 Å². The van der Waals surface area contributed by atoms with Crippen molar-refractivity contribution in [2.75, 3.05) is 39.8 Å². The lowest BCUT2D eigenvalue weighted by atomic mass is 9.88. The van der Waals surface area contributed by atoms with Gasteiger partial charge in [0, 0.05) is 19.6 Å². The molecular formula is C22H35N3O2. The Morgan fingerprint density at radius 3 is 2.44 bits per heavy atom. The third kappa shape index (κ3) is 6.22. The number of urea groups is 1. The second kappa shape index (κ2) is 10.1. The van der Waals surface area contributed by atoms with Crippen molar-refractivity contribution in [3.63, 3.8) is 0 Å². The summed E-state index contributed by atoms with van der Waals surface area (Å²) in [4.78, 5) is 16.7. The predicted octanol–water partition coefficient (Wildman–Crippen LogP) is 2.74. The molecule has 0 radical (unpaired) electrons. The standard InChI is InChI=1S/C22H35N3O2/c1-24-13-9-19(10-14-24)17-23-22(27)25-15-11-20(12-16-25)21(26)8-7-18-5-3-2-4-6-18/h2-6,19-21,26H,7-17H2,1H3,(H,23,27)/t21-/m1/s1. The molecule has 2 amide bonds. The number of carbonyl (C=O) groups excluding carboxylic acids is 1. The number of rotatable bonds is 6. The van der Waals surface area contributed by atoms with E-state index >= 15 is 0 Å². The number of hydrogen-bond acceptors (Lipinski definition) is 3. The van der Waals surface area contributed by atoms with Crippen LogP contribution >= 0.6 is 0 Å². The molecule has 27 heavy (non-hydrogen) atoms. The molecule has 0 saturated carbocycles. The third-order valence-electron chi connectivity index (χ3n) is 6.32. The van der Waals surface area contributed by atoms with E-state index in [9.17, 15) is 9.90 Å². The van der Waals surface area contributed by atoms with Gasteiger partial charge in [-0.1, -0.05) is 30.3 Å². The van der Waals surface area contributed by atoms with Crippen LogP contribution in [0.3, 0.4) is 0 Å². The lowest BCUT2D eigenvalue weighted by molar-refractivity contribution is 0.0608. The number of aliphatic hydroxyl groups excluding tert-OH is 1. The Kier molecular flexibility index (Phi) is 7.53. The van der Waals surface area contributed by atoms with E-state index in [1.807, 2.05) is 23.1 Å². The van der Waals surface area contributed by atoms with Crippen molar-refractivity contribution < 1.29 is 9.90 Å². The summed E-state index contributed by atoms with van der Waals surface area (Å²) in [6.07, 6.45) is 5.60. The molecule has 1 aromatic carbocycles. The van der Waals surface area contributed by atoms with Crippen molar-refractivity contribution in [1.82, 2.24) is 15.1 Å². The molecule has 2 heterocycles. The van der Waals surface area contributed by atoms with Gasteiger partial charge in [0.15, 0.2) is 0 Å². The fourth-order valence-electron chi connectivity index (χ4n) is 4.29. The van der Waals surface area contributed by atoms with E-state index in [0.29, 0.717) is 11.8 Å². The summed E-state index contributed by atoms with van der Waals surface area (Å²) in [5.41, 5.74) is 1.28. The lowest BCUT2D eigenvalue weighted by Gasteiger charge is -2.35. The molecule has 1 aromatic rings. The van der Waals surface area contributed by atoms with Gasteiger partial charge in [0.1, 0.15) is 0 Å². The molecule has 2 N–H and O–H groups in total. The average molecular weight is 374 g/mol. The Hall–Kier alpha value is -1.59. The van der Waals surface area contributed by atoms with Crippen LogP contribution in [0.15, 0.2) is 30.3 Å². The number of aryl methyl sites for hydroxylation is 1. The number of nitrogens with zero attached hydrogens (tertiary/aromatic N) is 2. The highest BCUT2D eigenvalue weighted by molar-refractivity contribution is 5.74. The van der Waals surface area contributed by atoms with Gasteiger partial charge < -0.3 is 20.2 Å². The summed E-state index contributed by atoms with van der Waals surface area (Å²) in [5, 5.41) is 13.7. The summed E-state index contributed by atoms with van der Waals surface area (Å²) in [5.74, 6) is 0.925. The van der Waals surface area contributed by atoms with Gasteiger partial charge in [-0.2, -0.15) is 0 Å². The van der Waals surface area contributed by atoms with E-state index in [4.69, 9.17) is 0 Å². The maximum Gasteiger partial charge on any atom is 0.317 e. The summed E-state index contributed by atoms with van der Waals surface area (Å²) < 4.78 is 0. The molecule has 3 rings (SSSR count). The van der Waals surface area contributed by atoms with E-state index in [-0.39, 0.29) is 12.1 Å². The van der Waals surface area contributed by atoms with Crippen LogP contribution in [-0.2, 0) is 6.42 Å². The highest BCUT2D eigenvalue weighted by atomic mass is 16.3. The molecule has 2 aliphatic heterocycles. The van der Waals surface area contributed by atoms with Gasteiger partial charge in [-0.15, -0.1) is 0 Å². The number of hydrogen-bond donors (Lipinski definition) is 2.